The van der Waals surface area contributed by atoms with E-state index in [1.165, 1.54) is 27.7 Å². The van der Waals surface area contributed by atoms with Crippen molar-refractivity contribution < 1.29 is 0 Å². The molecule has 2 aromatic rings. The molecule has 4 heteroatoms. The highest BCUT2D eigenvalue weighted by molar-refractivity contribution is 14.1. The van der Waals surface area contributed by atoms with E-state index in [9.17, 15) is 0 Å². The van der Waals surface area contributed by atoms with Gasteiger partial charge in [-0.1, -0.05) is 15.9 Å². The highest BCUT2D eigenvalue weighted by Gasteiger charge is 2.25. The van der Waals surface area contributed by atoms with Crippen LogP contribution < -0.4 is 0 Å². The lowest BCUT2D eigenvalue weighted by molar-refractivity contribution is 1.05. The zero-order valence-electron chi connectivity index (χ0n) is 8.50. The van der Waals surface area contributed by atoms with Crippen molar-refractivity contribution in [1.29, 1.82) is 0 Å². The van der Waals surface area contributed by atoms with Gasteiger partial charge in [0.05, 0.1) is 0 Å². The van der Waals surface area contributed by atoms with Gasteiger partial charge in [-0.05, 0) is 53.6 Å². The summed E-state index contributed by atoms with van der Waals surface area (Å²) in [4.78, 5) is 7.89. The lowest BCUT2D eigenvalue weighted by Crippen LogP contribution is -1.86. The molecule has 1 aliphatic rings. The van der Waals surface area contributed by atoms with Crippen LogP contribution in [-0.2, 0) is 0 Å². The molecule has 3 rings (SSSR count). The van der Waals surface area contributed by atoms with E-state index in [2.05, 4.69) is 66.7 Å². The molecule has 16 heavy (non-hydrogen) atoms. The van der Waals surface area contributed by atoms with Crippen LogP contribution in [0, 0.1) is 3.57 Å². The van der Waals surface area contributed by atoms with Crippen molar-refractivity contribution >= 4 is 38.5 Å². The fourth-order valence-electron chi connectivity index (χ4n) is 1.75. The van der Waals surface area contributed by atoms with Crippen LogP contribution in [0.5, 0.6) is 0 Å². The van der Waals surface area contributed by atoms with Crippen LogP contribution >= 0.6 is 38.5 Å². The zero-order chi connectivity index (χ0) is 11.1. The van der Waals surface area contributed by atoms with E-state index in [1.54, 1.807) is 0 Å². The first-order chi connectivity index (χ1) is 7.74. The third kappa shape index (κ3) is 2.05. The second kappa shape index (κ2) is 4.14. The summed E-state index contributed by atoms with van der Waals surface area (Å²) in [7, 11) is 0. The maximum atomic E-state index is 4.47. The smallest absolute Gasteiger partial charge is 0.138 e. The van der Waals surface area contributed by atoms with Crippen molar-refractivity contribution in [3.8, 4) is 11.4 Å². The molecule has 0 amide bonds. The minimum absolute atomic E-state index is 0.728. The minimum Gasteiger partial charge on any atom is -0.342 e. The van der Waals surface area contributed by atoms with Crippen molar-refractivity contribution in [3.05, 3.63) is 38.1 Å². The highest BCUT2D eigenvalue weighted by Crippen LogP contribution is 2.39. The molecule has 0 aliphatic heterocycles. The average molecular weight is 389 g/mol. The summed E-state index contributed by atoms with van der Waals surface area (Å²) < 4.78 is 2.31. The predicted molar refractivity (Wildman–Crippen MR) is 76.4 cm³/mol. The van der Waals surface area contributed by atoms with E-state index in [-0.39, 0.29) is 0 Å². The third-order valence-corrected chi connectivity index (χ3v) is 4.23. The van der Waals surface area contributed by atoms with Crippen molar-refractivity contribution in [1.82, 2.24) is 9.97 Å². The number of aromatic nitrogens is 2. The molecule has 0 radical (unpaired) electrons. The van der Waals surface area contributed by atoms with Crippen molar-refractivity contribution in [3.63, 3.8) is 0 Å². The molecule has 0 saturated heterocycles. The Balaban J connectivity index is 2.03. The molecule has 1 fully saturated rings. The Morgan fingerprint density at radius 2 is 2.19 bits per heavy atom. The predicted octanol–water partition coefficient (Wildman–Crippen LogP) is 4.32. The average Bonchev–Trinajstić information content (AvgIpc) is 3.01. The fraction of sp³-hybridized carbons (Fsp3) is 0.250. The van der Waals surface area contributed by atoms with Gasteiger partial charge < -0.3 is 4.98 Å². The van der Waals surface area contributed by atoms with E-state index in [4.69, 9.17) is 0 Å². The Bertz CT molecular complexity index is 532. The van der Waals surface area contributed by atoms with Gasteiger partial charge >= 0.3 is 0 Å². The number of rotatable bonds is 2. The molecular weight excluding hydrogens is 379 g/mol. The normalized spacial score (nSPS) is 15.4. The molecule has 1 saturated carbocycles. The SMILES string of the molecule is Brc1ccc(I)c(-c2ncc(C3CC3)[nH]2)c1. The van der Waals surface area contributed by atoms with Crippen LogP contribution in [0.1, 0.15) is 24.5 Å². The number of nitrogens with one attached hydrogen (secondary N) is 1. The number of hydrogen-bond acceptors (Lipinski definition) is 1. The third-order valence-electron chi connectivity index (χ3n) is 2.80. The number of imidazole rings is 1. The first kappa shape index (κ1) is 10.8. The molecule has 2 nitrogen and oxygen atoms in total. The van der Waals surface area contributed by atoms with Gasteiger partial charge in [0.15, 0.2) is 0 Å². The van der Waals surface area contributed by atoms with Crippen molar-refractivity contribution in [2.75, 3.05) is 0 Å². The molecule has 1 N–H and O–H groups in total. The Labute approximate surface area is 116 Å². The Morgan fingerprint density at radius 3 is 2.94 bits per heavy atom. The van der Waals surface area contributed by atoms with Gasteiger partial charge in [0.25, 0.3) is 0 Å². The van der Waals surface area contributed by atoms with Crippen LogP contribution in [0.2, 0.25) is 0 Å². The van der Waals surface area contributed by atoms with Gasteiger partial charge in [-0.15, -0.1) is 0 Å². The van der Waals surface area contributed by atoms with Gasteiger partial charge in [0.1, 0.15) is 5.82 Å². The number of aromatic amines is 1. The quantitative estimate of drug-likeness (QED) is 0.762. The molecule has 0 bridgehead atoms. The van der Waals surface area contributed by atoms with Crippen molar-refractivity contribution in [2.24, 2.45) is 0 Å². The highest BCUT2D eigenvalue weighted by atomic mass is 127. The first-order valence-corrected chi connectivity index (χ1v) is 7.11. The number of hydrogen-bond donors (Lipinski definition) is 1. The van der Waals surface area contributed by atoms with Crippen molar-refractivity contribution in [2.45, 2.75) is 18.8 Å². The molecule has 0 unspecified atom stereocenters. The largest absolute Gasteiger partial charge is 0.342 e. The van der Waals surface area contributed by atoms with Crippen LogP contribution in [0.25, 0.3) is 11.4 Å². The summed E-state index contributed by atoms with van der Waals surface area (Å²) in [5, 5.41) is 0. The molecule has 1 heterocycles. The molecule has 1 aromatic heterocycles. The summed E-state index contributed by atoms with van der Waals surface area (Å²) >= 11 is 5.84. The molecule has 82 valence electrons. The van der Waals surface area contributed by atoms with E-state index in [1.807, 2.05) is 6.20 Å². The maximum absolute atomic E-state index is 4.47. The van der Waals surface area contributed by atoms with E-state index in [0.717, 1.165) is 16.2 Å². The van der Waals surface area contributed by atoms with Crippen LogP contribution in [-0.4, -0.2) is 9.97 Å². The number of H-pyrrole nitrogens is 1. The summed E-state index contributed by atoms with van der Waals surface area (Å²) in [5.41, 5.74) is 2.45. The molecular formula is C12H10BrIN2. The molecule has 0 atom stereocenters. The summed E-state index contributed by atoms with van der Waals surface area (Å²) in [6.07, 6.45) is 4.58. The van der Waals surface area contributed by atoms with Gasteiger partial charge in [-0.2, -0.15) is 0 Å². The minimum atomic E-state index is 0.728. The van der Waals surface area contributed by atoms with E-state index < -0.39 is 0 Å². The number of halogens is 2. The van der Waals surface area contributed by atoms with Crippen LogP contribution in [0.3, 0.4) is 0 Å². The Hall–Kier alpha value is -0.360. The molecule has 1 aromatic carbocycles. The Kier molecular flexibility index (Phi) is 2.79. The Morgan fingerprint density at radius 1 is 1.38 bits per heavy atom. The van der Waals surface area contributed by atoms with Gasteiger partial charge in [-0.25, -0.2) is 4.98 Å². The van der Waals surface area contributed by atoms with Crippen LogP contribution in [0.15, 0.2) is 28.9 Å². The number of benzene rings is 1. The summed E-state index contributed by atoms with van der Waals surface area (Å²) in [6, 6.07) is 6.26. The maximum Gasteiger partial charge on any atom is 0.138 e. The van der Waals surface area contributed by atoms with E-state index in [0.29, 0.717) is 0 Å². The van der Waals surface area contributed by atoms with Crippen LogP contribution in [0.4, 0.5) is 0 Å². The molecule has 1 aliphatic carbocycles. The zero-order valence-corrected chi connectivity index (χ0v) is 12.2. The monoisotopic (exact) mass is 388 g/mol. The van der Waals surface area contributed by atoms with E-state index >= 15 is 0 Å². The summed E-state index contributed by atoms with van der Waals surface area (Å²) in [5.74, 6) is 1.71. The van der Waals surface area contributed by atoms with Gasteiger partial charge in [0, 0.05) is 31.4 Å². The number of nitrogens with zero attached hydrogens (tertiary/aromatic N) is 1. The standard InChI is InChI=1S/C12H10BrIN2/c13-8-3-4-10(14)9(5-8)12-15-6-11(16-12)7-1-2-7/h3-7H,1-2H2,(H,15,16). The lowest BCUT2D eigenvalue weighted by atomic mass is 10.2. The topological polar surface area (TPSA) is 28.7 Å². The molecule has 0 spiro atoms. The summed E-state index contributed by atoms with van der Waals surface area (Å²) in [6.45, 7) is 0. The second-order valence-corrected chi connectivity index (χ2v) is 6.16. The van der Waals surface area contributed by atoms with Gasteiger partial charge in [0.2, 0.25) is 0 Å². The first-order valence-electron chi connectivity index (χ1n) is 5.24. The lowest BCUT2D eigenvalue weighted by Gasteiger charge is -2.01. The second-order valence-electron chi connectivity index (χ2n) is 4.09. The fourth-order valence-corrected chi connectivity index (χ4v) is 2.71. The van der Waals surface area contributed by atoms with Gasteiger partial charge in [-0.3, -0.25) is 0 Å².